The fourth-order valence-electron chi connectivity index (χ4n) is 2.14. The Morgan fingerprint density at radius 3 is 2.61 bits per heavy atom. The van der Waals surface area contributed by atoms with Crippen LogP contribution in [0, 0.1) is 0 Å². The molecule has 5 nitrogen and oxygen atoms in total. The molecule has 0 spiro atoms. The van der Waals surface area contributed by atoms with Gasteiger partial charge in [0.25, 0.3) is 0 Å². The van der Waals surface area contributed by atoms with E-state index in [1.54, 1.807) is 12.1 Å². The summed E-state index contributed by atoms with van der Waals surface area (Å²) in [5, 5.41) is 22.1. The molecule has 6 heteroatoms. The summed E-state index contributed by atoms with van der Waals surface area (Å²) in [6.07, 6.45) is 0. The fourth-order valence-corrected chi connectivity index (χ4v) is 2.54. The smallest absolute Gasteiger partial charge is 0.325 e. The number of piperazine rings is 1. The number of carboxylic acids is 1. The first-order chi connectivity index (χ1) is 8.59. The number of carbonyl (C=O) groups is 1. The summed E-state index contributed by atoms with van der Waals surface area (Å²) < 4.78 is 0.515. The lowest BCUT2D eigenvalue weighted by Gasteiger charge is -2.32. The molecule has 0 aliphatic carbocycles. The quantitative estimate of drug-likeness (QED) is 0.781. The van der Waals surface area contributed by atoms with Gasteiger partial charge in [-0.15, -0.1) is 0 Å². The van der Waals surface area contributed by atoms with Crippen LogP contribution in [0.1, 0.15) is 11.6 Å². The molecule has 18 heavy (non-hydrogen) atoms. The number of nitrogens with one attached hydrogen (secondary N) is 1. The first kappa shape index (κ1) is 13.3. The van der Waals surface area contributed by atoms with Gasteiger partial charge in [-0.3, -0.25) is 9.69 Å². The van der Waals surface area contributed by atoms with Gasteiger partial charge in [-0.05, 0) is 33.6 Å². The number of aliphatic carboxylic acids is 1. The van der Waals surface area contributed by atoms with E-state index >= 15 is 0 Å². The zero-order chi connectivity index (χ0) is 13.1. The minimum absolute atomic E-state index is 0.114. The third-order valence-corrected chi connectivity index (χ3v) is 3.67. The highest BCUT2D eigenvalue weighted by atomic mass is 79.9. The summed E-state index contributed by atoms with van der Waals surface area (Å²) in [7, 11) is 0. The summed E-state index contributed by atoms with van der Waals surface area (Å²) >= 11 is 3.21. The predicted molar refractivity (Wildman–Crippen MR) is 70.6 cm³/mol. The number of hydrogen-bond acceptors (Lipinski definition) is 4. The van der Waals surface area contributed by atoms with Gasteiger partial charge in [0.1, 0.15) is 11.8 Å². The van der Waals surface area contributed by atoms with Gasteiger partial charge in [0, 0.05) is 26.2 Å². The van der Waals surface area contributed by atoms with Crippen LogP contribution >= 0.6 is 15.9 Å². The molecular formula is C12H15BrN2O3. The number of halogens is 1. The lowest BCUT2D eigenvalue weighted by Crippen LogP contribution is -2.47. The van der Waals surface area contributed by atoms with E-state index in [1.165, 1.54) is 6.07 Å². The van der Waals surface area contributed by atoms with Gasteiger partial charge in [-0.1, -0.05) is 6.07 Å². The predicted octanol–water partition coefficient (Wildman–Crippen LogP) is 1.19. The van der Waals surface area contributed by atoms with Crippen molar-refractivity contribution in [2.75, 3.05) is 26.2 Å². The molecule has 0 radical (unpaired) electrons. The van der Waals surface area contributed by atoms with Crippen molar-refractivity contribution in [3.63, 3.8) is 0 Å². The van der Waals surface area contributed by atoms with Gasteiger partial charge in [0.05, 0.1) is 4.47 Å². The zero-order valence-electron chi connectivity index (χ0n) is 9.77. The van der Waals surface area contributed by atoms with Gasteiger partial charge in [-0.25, -0.2) is 0 Å². The summed E-state index contributed by atoms with van der Waals surface area (Å²) in [5.41, 5.74) is 0.675. The minimum atomic E-state index is -0.866. The second-order valence-corrected chi connectivity index (χ2v) is 5.09. The Hall–Kier alpha value is -1.11. The van der Waals surface area contributed by atoms with Crippen LogP contribution in [0.5, 0.6) is 5.75 Å². The maximum absolute atomic E-state index is 11.5. The number of hydrogen-bond donors (Lipinski definition) is 3. The van der Waals surface area contributed by atoms with Crippen molar-refractivity contribution in [2.45, 2.75) is 6.04 Å². The molecule has 0 bridgehead atoms. The van der Waals surface area contributed by atoms with Gasteiger partial charge in [-0.2, -0.15) is 0 Å². The Labute approximate surface area is 114 Å². The fraction of sp³-hybridized carbons (Fsp3) is 0.417. The number of phenols is 1. The third kappa shape index (κ3) is 2.82. The van der Waals surface area contributed by atoms with E-state index in [4.69, 9.17) is 0 Å². The highest BCUT2D eigenvalue weighted by Crippen LogP contribution is 2.29. The van der Waals surface area contributed by atoms with Crippen molar-refractivity contribution >= 4 is 21.9 Å². The van der Waals surface area contributed by atoms with Crippen LogP contribution in [0.3, 0.4) is 0 Å². The van der Waals surface area contributed by atoms with Crippen molar-refractivity contribution < 1.29 is 15.0 Å². The minimum Gasteiger partial charge on any atom is -0.507 e. The molecule has 98 valence electrons. The summed E-state index contributed by atoms with van der Waals surface area (Å²) in [5.74, 6) is -0.752. The first-order valence-corrected chi connectivity index (χ1v) is 6.55. The number of aromatic hydroxyl groups is 1. The molecule has 1 fully saturated rings. The van der Waals surface area contributed by atoms with E-state index in [-0.39, 0.29) is 5.75 Å². The molecular weight excluding hydrogens is 300 g/mol. The maximum atomic E-state index is 11.5. The average Bonchev–Trinajstić information content (AvgIpc) is 2.35. The van der Waals surface area contributed by atoms with Crippen LogP contribution in [0.15, 0.2) is 22.7 Å². The highest BCUT2D eigenvalue weighted by molar-refractivity contribution is 9.10. The standard InChI is InChI=1S/C12H15BrN2O3/c13-9-7-8(1-2-10(9)16)11(12(17)18)15-5-3-14-4-6-15/h1-2,7,11,14,16H,3-6H2,(H,17,18). The Kier molecular flexibility index (Phi) is 4.21. The number of rotatable bonds is 3. The van der Waals surface area contributed by atoms with Gasteiger partial charge >= 0.3 is 5.97 Å². The molecule has 3 N–H and O–H groups in total. The monoisotopic (exact) mass is 314 g/mol. The van der Waals surface area contributed by atoms with E-state index in [1.807, 2.05) is 4.90 Å². The molecule has 2 rings (SSSR count). The van der Waals surface area contributed by atoms with E-state index in [2.05, 4.69) is 21.2 Å². The van der Waals surface area contributed by atoms with Crippen molar-refractivity contribution in [1.82, 2.24) is 10.2 Å². The van der Waals surface area contributed by atoms with E-state index in [9.17, 15) is 15.0 Å². The van der Waals surface area contributed by atoms with Crippen LogP contribution in [0.2, 0.25) is 0 Å². The topological polar surface area (TPSA) is 72.8 Å². The highest BCUT2D eigenvalue weighted by Gasteiger charge is 2.28. The Morgan fingerprint density at radius 2 is 2.06 bits per heavy atom. The van der Waals surface area contributed by atoms with Gasteiger partial charge in [0.15, 0.2) is 0 Å². The summed E-state index contributed by atoms with van der Waals surface area (Å²) in [4.78, 5) is 13.4. The molecule has 0 aromatic heterocycles. The largest absolute Gasteiger partial charge is 0.507 e. The second kappa shape index (κ2) is 5.69. The zero-order valence-corrected chi connectivity index (χ0v) is 11.4. The van der Waals surface area contributed by atoms with Crippen molar-refractivity contribution in [3.8, 4) is 5.75 Å². The number of carboxylic acid groups (broad SMARTS) is 1. The number of phenolic OH excluding ortho intramolecular Hbond substituents is 1. The Bertz CT molecular complexity index is 447. The molecule has 1 heterocycles. The lowest BCUT2D eigenvalue weighted by atomic mass is 10.0. The summed E-state index contributed by atoms with van der Waals surface area (Å²) in [6, 6.07) is 4.17. The second-order valence-electron chi connectivity index (χ2n) is 4.24. The molecule has 1 unspecified atom stereocenters. The molecule has 1 aliphatic heterocycles. The molecule has 1 atom stereocenters. The third-order valence-electron chi connectivity index (χ3n) is 3.04. The van der Waals surface area contributed by atoms with Gasteiger partial charge < -0.3 is 15.5 Å². The van der Waals surface area contributed by atoms with E-state index < -0.39 is 12.0 Å². The molecule has 1 aliphatic rings. The van der Waals surface area contributed by atoms with Crippen molar-refractivity contribution in [1.29, 1.82) is 0 Å². The van der Waals surface area contributed by atoms with Crippen molar-refractivity contribution in [3.05, 3.63) is 28.2 Å². The average molecular weight is 315 g/mol. The molecule has 0 amide bonds. The van der Waals surface area contributed by atoms with Crippen LogP contribution in [-0.2, 0) is 4.79 Å². The summed E-state index contributed by atoms with van der Waals surface area (Å²) in [6.45, 7) is 3.00. The first-order valence-electron chi connectivity index (χ1n) is 5.75. The maximum Gasteiger partial charge on any atom is 0.325 e. The van der Waals surface area contributed by atoms with Crippen LogP contribution in [0.4, 0.5) is 0 Å². The lowest BCUT2D eigenvalue weighted by molar-refractivity contribution is -0.143. The number of nitrogens with zero attached hydrogens (tertiary/aromatic N) is 1. The molecule has 1 aromatic rings. The van der Waals surface area contributed by atoms with Crippen LogP contribution in [-0.4, -0.2) is 47.3 Å². The van der Waals surface area contributed by atoms with E-state index in [0.29, 0.717) is 23.1 Å². The normalized spacial score (nSPS) is 18.5. The molecule has 0 saturated carbocycles. The van der Waals surface area contributed by atoms with Gasteiger partial charge in [0.2, 0.25) is 0 Å². The SMILES string of the molecule is O=C(O)C(c1ccc(O)c(Br)c1)N1CCNCC1. The number of benzene rings is 1. The van der Waals surface area contributed by atoms with E-state index in [0.717, 1.165) is 13.1 Å². The Balaban J connectivity index is 2.28. The van der Waals surface area contributed by atoms with Crippen LogP contribution in [0.25, 0.3) is 0 Å². The van der Waals surface area contributed by atoms with Crippen LogP contribution < -0.4 is 5.32 Å². The molecule has 1 saturated heterocycles. The molecule has 1 aromatic carbocycles. The van der Waals surface area contributed by atoms with Crippen molar-refractivity contribution in [2.24, 2.45) is 0 Å². The Morgan fingerprint density at radius 1 is 1.39 bits per heavy atom.